The van der Waals surface area contributed by atoms with Gasteiger partial charge in [-0.05, 0) is 38.4 Å². The van der Waals surface area contributed by atoms with Crippen LogP contribution < -0.4 is 0 Å². The van der Waals surface area contributed by atoms with E-state index in [-0.39, 0.29) is 12.3 Å². The predicted octanol–water partition coefficient (Wildman–Crippen LogP) is 2.37. The second kappa shape index (κ2) is 4.75. The standard InChI is InChI=1S/C9H17F2N/c1-2-12-5-3-8(4-6-12)7-9(10)11/h8-9H,2-7H2,1H3. The number of nitrogens with zero attached hydrogens (tertiary/aromatic N) is 1. The first kappa shape index (κ1) is 9.90. The van der Waals surface area contributed by atoms with Gasteiger partial charge in [-0.15, -0.1) is 0 Å². The Morgan fingerprint density at radius 3 is 2.33 bits per heavy atom. The summed E-state index contributed by atoms with van der Waals surface area (Å²) in [7, 11) is 0. The van der Waals surface area contributed by atoms with E-state index in [1.165, 1.54) is 0 Å². The highest BCUT2D eigenvalue weighted by atomic mass is 19.3. The van der Waals surface area contributed by atoms with Gasteiger partial charge in [0, 0.05) is 6.42 Å². The highest BCUT2D eigenvalue weighted by Gasteiger charge is 2.20. The first-order valence-electron chi connectivity index (χ1n) is 4.73. The minimum absolute atomic E-state index is 0.109. The van der Waals surface area contributed by atoms with Crippen molar-refractivity contribution in [3.05, 3.63) is 0 Å². The van der Waals surface area contributed by atoms with Gasteiger partial charge in [-0.3, -0.25) is 0 Å². The highest BCUT2D eigenvalue weighted by Crippen LogP contribution is 2.22. The largest absolute Gasteiger partial charge is 0.304 e. The van der Waals surface area contributed by atoms with Crippen LogP contribution in [0.5, 0.6) is 0 Å². The molecule has 0 aromatic heterocycles. The lowest BCUT2D eigenvalue weighted by Gasteiger charge is -2.30. The summed E-state index contributed by atoms with van der Waals surface area (Å²) in [6, 6.07) is 0. The average Bonchev–Trinajstić information content (AvgIpc) is 2.05. The summed E-state index contributed by atoms with van der Waals surface area (Å²) in [6.07, 6.45) is -0.0864. The molecule has 0 saturated carbocycles. The summed E-state index contributed by atoms with van der Waals surface area (Å²) in [5, 5.41) is 0. The van der Waals surface area contributed by atoms with Crippen LogP contribution >= 0.6 is 0 Å². The lowest BCUT2D eigenvalue weighted by atomic mass is 9.94. The van der Waals surface area contributed by atoms with Crippen LogP contribution in [-0.4, -0.2) is 31.0 Å². The van der Waals surface area contributed by atoms with Crippen LogP contribution in [0.15, 0.2) is 0 Å². The molecule has 1 saturated heterocycles. The molecule has 1 heterocycles. The molecular formula is C9H17F2N. The third-order valence-corrected chi connectivity index (χ3v) is 2.67. The van der Waals surface area contributed by atoms with Gasteiger partial charge in [0.25, 0.3) is 0 Å². The van der Waals surface area contributed by atoms with E-state index in [0.29, 0.717) is 0 Å². The molecule has 72 valence electrons. The molecule has 0 spiro atoms. The van der Waals surface area contributed by atoms with Crippen molar-refractivity contribution in [3.63, 3.8) is 0 Å². The van der Waals surface area contributed by atoms with Crippen molar-refractivity contribution in [3.8, 4) is 0 Å². The van der Waals surface area contributed by atoms with E-state index in [1.807, 2.05) is 0 Å². The van der Waals surface area contributed by atoms with Crippen molar-refractivity contribution in [2.45, 2.75) is 32.6 Å². The van der Waals surface area contributed by atoms with Crippen LogP contribution in [0.25, 0.3) is 0 Å². The Balaban J connectivity index is 2.17. The molecular weight excluding hydrogens is 160 g/mol. The fourth-order valence-corrected chi connectivity index (χ4v) is 1.79. The molecule has 0 aromatic rings. The smallest absolute Gasteiger partial charge is 0.238 e. The molecule has 0 amide bonds. The van der Waals surface area contributed by atoms with Crippen molar-refractivity contribution in [1.29, 1.82) is 0 Å². The second-order valence-corrected chi connectivity index (χ2v) is 3.50. The Labute approximate surface area is 72.7 Å². The minimum Gasteiger partial charge on any atom is -0.304 e. The molecule has 1 aliphatic heterocycles. The normalized spacial score (nSPS) is 22.0. The van der Waals surface area contributed by atoms with Gasteiger partial charge < -0.3 is 4.90 Å². The SMILES string of the molecule is CCN1CCC(CC(F)F)CC1. The quantitative estimate of drug-likeness (QED) is 0.639. The molecule has 0 unspecified atom stereocenters. The van der Waals surface area contributed by atoms with Crippen molar-refractivity contribution in [2.24, 2.45) is 5.92 Å². The molecule has 0 N–H and O–H groups in total. The second-order valence-electron chi connectivity index (χ2n) is 3.50. The lowest BCUT2D eigenvalue weighted by molar-refractivity contribution is 0.0882. The Bertz CT molecular complexity index is 120. The summed E-state index contributed by atoms with van der Waals surface area (Å²) < 4.78 is 24.0. The number of likely N-dealkylation sites (tertiary alicyclic amines) is 1. The van der Waals surface area contributed by atoms with E-state index in [1.54, 1.807) is 0 Å². The van der Waals surface area contributed by atoms with E-state index in [0.717, 1.165) is 32.5 Å². The van der Waals surface area contributed by atoms with Gasteiger partial charge >= 0.3 is 0 Å². The molecule has 1 nitrogen and oxygen atoms in total. The fourth-order valence-electron chi connectivity index (χ4n) is 1.79. The summed E-state index contributed by atoms with van der Waals surface area (Å²) in [5.41, 5.74) is 0. The van der Waals surface area contributed by atoms with Crippen LogP contribution in [0.4, 0.5) is 8.78 Å². The van der Waals surface area contributed by atoms with Crippen LogP contribution in [0.1, 0.15) is 26.2 Å². The molecule has 0 bridgehead atoms. The van der Waals surface area contributed by atoms with Crippen molar-refractivity contribution in [1.82, 2.24) is 4.90 Å². The number of halogens is 2. The molecule has 1 rings (SSSR count). The Morgan fingerprint density at radius 1 is 1.33 bits per heavy atom. The number of piperidine rings is 1. The van der Waals surface area contributed by atoms with Gasteiger partial charge in [-0.2, -0.15) is 0 Å². The Kier molecular flexibility index (Phi) is 3.92. The van der Waals surface area contributed by atoms with Crippen molar-refractivity contribution < 1.29 is 8.78 Å². The lowest BCUT2D eigenvalue weighted by Crippen LogP contribution is -2.33. The van der Waals surface area contributed by atoms with Crippen LogP contribution in [0, 0.1) is 5.92 Å². The molecule has 3 heteroatoms. The summed E-state index contributed by atoms with van der Waals surface area (Å²) in [5.74, 6) is 0.271. The number of hydrogen-bond donors (Lipinski definition) is 0. The number of alkyl halides is 2. The maximum absolute atomic E-state index is 12.0. The Hall–Kier alpha value is -0.180. The zero-order chi connectivity index (χ0) is 8.97. The predicted molar refractivity (Wildman–Crippen MR) is 45.5 cm³/mol. The maximum Gasteiger partial charge on any atom is 0.238 e. The molecule has 0 aromatic carbocycles. The zero-order valence-electron chi connectivity index (χ0n) is 7.60. The van der Waals surface area contributed by atoms with E-state index in [9.17, 15) is 8.78 Å². The number of rotatable bonds is 3. The Morgan fingerprint density at radius 2 is 1.92 bits per heavy atom. The van der Waals surface area contributed by atoms with Gasteiger partial charge in [0.05, 0.1) is 0 Å². The molecule has 12 heavy (non-hydrogen) atoms. The van der Waals surface area contributed by atoms with E-state index in [2.05, 4.69) is 11.8 Å². The van der Waals surface area contributed by atoms with Crippen molar-refractivity contribution >= 4 is 0 Å². The molecule has 0 radical (unpaired) electrons. The molecule has 0 aliphatic carbocycles. The van der Waals surface area contributed by atoms with Gasteiger partial charge in [-0.1, -0.05) is 6.92 Å². The maximum atomic E-state index is 12.0. The average molecular weight is 177 g/mol. The minimum atomic E-state index is -2.11. The van der Waals surface area contributed by atoms with Crippen LogP contribution in [0.2, 0.25) is 0 Å². The van der Waals surface area contributed by atoms with Crippen LogP contribution in [0.3, 0.4) is 0 Å². The van der Waals surface area contributed by atoms with Crippen LogP contribution in [-0.2, 0) is 0 Å². The van der Waals surface area contributed by atoms with Gasteiger partial charge in [-0.25, -0.2) is 8.78 Å². The number of hydrogen-bond acceptors (Lipinski definition) is 1. The first-order chi connectivity index (χ1) is 5.72. The van der Waals surface area contributed by atoms with Gasteiger partial charge in [0.1, 0.15) is 0 Å². The van der Waals surface area contributed by atoms with Gasteiger partial charge in [0.2, 0.25) is 6.43 Å². The zero-order valence-corrected chi connectivity index (χ0v) is 7.60. The fraction of sp³-hybridized carbons (Fsp3) is 1.00. The molecule has 1 fully saturated rings. The third-order valence-electron chi connectivity index (χ3n) is 2.67. The van der Waals surface area contributed by atoms with Gasteiger partial charge in [0.15, 0.2) is 0 Å². The van der Waals surface area contributed by atoms with E-state index >= 15 is 0 Å². The topological polar surface area (TPSA) is 3.24 Å². The third kappa shape index (κ3) is 3.05. The molecule has 1 aliphatic rings. The van der Waals surface area contributed by atoms with Crippen molar-refractivity contribution in [2.75, 3.05) is 19.6 Å². The summed E-state index contributed by atoms with van der Waals surface area (Å²) >= 11 is 0. The highest BCUT2D eigenvalue weighted by molar-refractivity contribution is 4.71. The first-order valence-corrected chi connectivity index (χ1v) is 4.73. The summed E-state index contributed by atoms with van der Waals surface area (Å²) in [6.45, 7) is 5.19. The van der Waals surface area contributed by atoms with E-state index < -0.39 is 6.43 Å². The summed E-state index contributed by atoms with van der Waals surface area (Å²) in [4.78, 5) is 2.32. The molecule has 0 atom stereocenters. The van der Waals surface area contributed by atoms with E-state index in [4.69, 9.17) is 0 Å². The monoisotopic (exact) mass is 177 g/mol.